The lowest BCUT2D eigenvalue weighted by Crippen LogP contribution is -2.17. The first-order valence-corrected chi connectivity index (χ1v) is 3.69. The van der Waals surface area contributed by atoms with Gasteiger partial charge in [0.1, 0.15) is 0 Å². The second kappa shape index (κ2) is 6.67. The van der Waals surface area contributed by atoms with E-state index in [4.69, 9.17) is 4.74 Å². The summed E-state index contributed by atoms with van der Waals surface area (Å²) >= 11 is 0. The minimum absolute atomic E-state index is 0.350. The van der Waals surface area contributed by atoms with E-state index in [1.165, 1.54) is 13.2 Å². The van der Waals surface area contributed by atoms with Crippen molar-refractivity contribution in [3.05, 3.63) is 11.8 Å². The maximum atomic E-state index is 10.7. The molecule has 0 aliphatic carbocycles. The van der Waals surface area contributed by atoms with Crippen molar-refractivity contribution >= 4 is 5.97 Å². The van der Waals surface area contributed by atoms with Crippen LogP contribution in [0.15, 0.2) is 11.8 Å². The van der Waals surface area contributed by atoms with Gasteiger partial charge in [0.05, 0.1) is 13.7 Å². The Hall–Kier alpha value is -1.03. The SMILES string of the molecule is COCCNC(C)=CC(=O)OC. The van der Waals surface area contributed by atoms with E-state index in [2.05, 4.69) is 10.1 Å². The second-order valence-corrected chi connectivity index (χ2v) is 2.27. The maximum Gasteiger partial charge on any atom is 0.332 e. The van der Waals surface area contributed by atoms with Gasteiger partial charge in [0.25, 0.3) is 0 Å². The van der Waals surface area contributed by atoms with Crippen molar-refractivity contribution in [1.82, 2.24) is 5.32 Å². The molecule has 0 saturated heterocycles. The Balaban J connectivity index is 3.62. The first-order chi connectivity index (χ1) is 5.70. The average Bonchev–Trinajstić information content (AvgIpc) is 2.05. The van der Waals surface area contributed by atoms with Gasteiger partial charge in [0, 0.05) is 25.4 Å². The lowest BCUT2D eigenvalue weighted by molar-refractivity contribution is -0.134. The average molecular weight is 173 g/mol. The summed E-state index contributed by atoms with van der Waals surface area (Å²) < 4.78 is 9.26. The molecule has 70 valence electrons. The summed E-state index contributed by atoms with van der Waals surface area (Å²) in [4.78, 5) is 10.7. The van der Waals surface area contributed by atoms with Crippen molar-refractivity contribution in [3.8, 4) is 0 Å². The Morgan fingerprint density at radius 1 is 1.50 bits per heavy atom. The van der Waals surface area contributed by atoms with Gasteiger partial charge in [-0.1, -0.05) is 0 Å². The zero-order valence-corrected chi connectivity index (χ0v) is 7.72. The van der Waals surface area contributed by atoms with E-state index < -0.39 is 0 Å². The molecular formula is C8H15NO3. The van der Waals surface area contributed by atoms with E-state index in [0.717, 1.165) is 5.70 Å². The van der Waals surface area contributed by atoms with E-state index in [1.807, 2.05) is 0 Å². The summed E-state index contributed by atoms with van der Waals surface area (Å²) in [6.07, 6.45) is 1.40. The first kappa shape index (κ1) is 11.0. The number of carbonyl (C=O) groups is 1. The van der Waals surface area contributed by atoms with E-state index in [1.54, 1.807) is 14.0 Å². The molecule has 4 nitrogen and oxygen atoms in total. The molecule has 1 N–H and O–H groups in total. The molecule has 0 aliphatic rings. The van der Waals surface area contributed by atoms with Crippen molar-refractivity contribution in [3.63, 3.8) is 0 Å². The molecule has 0 heterocycles. The molecule has 0 atom stereocenters. The molecule has 0 fully saturated rings. The number of ether oxygens (including phenoxy) is 2. The van der Waals surface area contributed by atoms with Crippen LogP contribution in [-0.2, 0) is 14.3 Å². The molecule has 0 bridgehead atoms. The van der Waals surface area contributed by atoms with E-state index in [0.29, 0.717) is 13.2 Å². The predicted octanol–water partition coefficient (Wildman–Crippen LogP) is 0.299. The molecule has 0 rings (SSSR count). The van der Waals surface area contributed by atoms with Crippen molar-refractivity contribution < 1.29 is 14.3 Å². The zero-order valence-electron chi connectivity index (χ0n) is 7.72. The molecule has 0 aromatic rings. The third-order valence-electron chi connectivity index (χ3n) is 1.25. The topological polar surface area (TPSA) is 47.6 Å². The fraction of sp³-hybridized carbons (Fsp3) is 0.625. The van der Waals surface area contributed by atoms with Crippen molar-refractivity contribution in [2.24, 2.45) is 0 Å². The van der Waals surface area contributed by atoms with Crippen LogP contribution in [0.2, 0.25) is 0 Å². The molecular weight excluding hydrogens is 158 g/mol. The largest absolute Gasteiger partial charge is 0.466 e. The van der Waals surface area contributed by atoms with Crippen molar-refractivity contribution in [2.75, 3.05) is 27.4 Å². The van der Waals surface area contributed by atoms with Gasteiger partial charge in [-0.05, 0) is 6.92 Å². The van der Waals surface area contributed by atoms with Crippen LogP contribution in [0.1, 0.15) is 6.92 Å². The molecule has 0 spiro atoms. The molecule has 0 unspecified atom stereocenters. The molecule has 12 heavy (non-hydrogen) atoms. The van der Waals surface area contributed by atoms with Crippen LogP contribution in [0.25, 0.3) is 0 Å². The fourth-order valence-electron chi connectivity index (χ4n) is 0.637. The Kier molecular flexibility index (Phi) is 6.09. The summed E-state index contributed by atoms with van der Waals surface area (Å²) in [5.41, 5.74) is 0.777. The number of allylic oxidation sites excluding steroid dienone is 1. The lowest BCUT2D eigenvalue weighted by Gasteiger charge is -2.04. The smallest absolute Gasteiger partial charge is 0.332 e. The molecule has 4 heteroatoms. The van der Waals surface area contributed by atoms with Crippen LogP contribution in [-0.4, -0.2) is 33.3 Å². The van der Waals surface area contributed by atoms with Crippen molar-refractivity contribution in [1.29, 1.82) is 0 Å². The van der Waals surface area contributed by atoms with E-state index >= 15 is 0 Å². The van der Waals surface area contributed by atoms with Crippen LogP contribution in [0.3, 0.4) is 0 Å². The Bertz CT molecular complexity index is 166. The zero-order chi connectivity index (χ0) is 9.40. The second-order valence-electron chi connectivity index (χ2n) is 2.27. The van der Waals surface area contributed by atoms with Gasteiger partial charge in [0.2, 0.25) is 0 Å². The van der Waals surface area contributed by atoms with Crippen LogP contribution >= 0.6 is 0 Å². The van der Waals surface area contributed by atoms with E-state index in [9.17, 15) is 4.79 Å². The third kappa shape index (κ3) is 5.73. The summed E-state index contributed by atoms with van der Waals surface area (Å²) in [5, 5.41) is 2.98. The predicted molar refractivity (Wildman–Crippen MR) is 45.7 cm³/mol. The lowest BCUT2D eigenvalue weighted by atomic mass is 10.4. The van der Waals surface area contributed by atoms with Gasteiger partial charge in [-0.15, -0.1) is 0 Å². The maximum absolute atomic E-state index is 10.7. The summed E-state index contributed by atoms with van der Waals surface area (Å²) in [5.74, 6) is -0.350. The van der Waals surface area contributed by atoms with Gasteiger partial charge < -0.3 is 14.8 Å². The van der Waals surface area contributed by atoms with Gasteiger partial charge >= 0.3 is 5.97 Å². The number of rotatable bonds is 5. The van der Waals surface area contributed by atoms with Crippen molar-refractivity contribution in [2.45, 2.75) is 6.92 Å². The minimum Gasteiger partial charge on any atom is -0.466 e. The highest BCUT2D eigenvalue weighted by molar-refractivity contribution is 5.82. The summed E-state index contributed by atoms with van der Waals surface area (Å²) in [6, 6.07) is 0. The molecule has 0 amide bonds. The van der Waals surface area contributed by atoms with Gasteiger partial charge in [-0.3, -0.25) is 0 Å². The number of hydrogen-bond donors (Lipinski definition) is 1. The number of nitrogens with one attached hydrogen (secondary N) is 1. The Morgan fingerprint density at radius 3 is 2.67 bits per heavy atom. The number of methoxy groups -OCH3 is 2. The number of hydrogen-bond acceptors (Lipinski definition) is 4. The minimum atomic E-state index is -0.350. The van der Waals surface area contributed by atoms with Gasteiger partial charge in [-0.2, -0.15) is 0 Å². The quantitative estimate of drug-likeness (QED) is 0.369. The standard InChI is InChI=1S/C8H15NO3/c1-7(6-8(10)12-3)9-4-5-11-2/h6,9H,4-5H2,1-3H3. The highest BCUT2D eigenvalue weighted by Gasteiger charge is 1.94. The normalized spacial score (nSPS) is 11.1. The molecule has 0 aromatic carbocycles. The third-order valence-corrected chi connectivity index (χ3v) is 1.25. The fourth-order valence-corrected chi connectivity index (χ4v) is 0.637. The molecule has 0 saturated carbocycles. The Morgan fingerprint density at radius 2 is 2.17 bits per heavy atom. The van der Waals surface area contributed by atoms with Crippen LogP contribution in [0.5, 0.6) is 0 Å². The first-order valence-electron chi connectivity index (χ1n) is 3.69. The highest BCUT2D eigenvalue weighted by Crippen LogP contribution is 1.87. The van der Waals surface area contributed by atoms with Gasteiger partial charge in [0.15, 0.2) is 0 Å². The summed E-state index contributed by atoms with van der Waals surface area (Å²) in [7, 11) is 2.97. The van der Waals surface area contributed by atoms with Gasteiger partial charge in [-0.25, -0.2) is 4.79 Å². The molecule has 0 aliphatic heterocycles. The number of esters is 1. The summed E-state index contributed by atoms with van der Waals surface area (Å²) in [6.45, 7) is 3.11. The Labute approximate surface area is 72.5 Å². The molecule has 0 aromatic heterocycles. The highest BCUT2D eigenvalue weighted by atomic mass is 16.5. The van der Waals surface area contributed by atoms with Crippen LogP contribution in [0, 0.1) is 0 Å². The molecule has 0 radical (unpaired) electrons. The van der Waals surface area contributed by atoms with Crippen LogP contribution in [0.4, 0.5) is 0 Å². The number of carbonyl (C=O) groups excluding carboxylic acids is 1. The van der Waals surface area contributed by atoms with Crippen LogP contribution < -0.4 is 5.32 Å². The van der Waals surface area contributed by atoms with E-state index in [-0.39, 0.29) is 5.97 Å². The monoisotopic (exact) mass is 173 g/mol.